The van der Waals surface area contributed by atoms with Crippen molar-refractivity contribution in [3.8, 4) is 0 Å². The van der Waals surface area contributed by atoms with Gasteiger partial charge in [0.15, 0.2) is 0 Å². The predicted molar refractivity (Wildman–Crippen MR) is 57.5 cm³/mol. The molecular weight excluding hydrogens is 214 g/mol. The van der Waals surface area contributed by atoms with Gasteiger partial charge in [-0.3, -0.25) is 0 Å². The van der Waals surface area contributed by atoms with Gasteiger partial charge in [-0.2, -0.15) is 4.31 Å². The number of nitrogen functional groups attached to an aromatic ring is 1. The standard InChI is InChI=1S/C9H13N3O2S/c10-9-3-2-8(6-11-9)7-12-4-1-5-15(12,13)14/h2-3,6H,1,4-5,7H2,(H2,10,11). The van der Waals surface area contributed by atoms with Crippen LogP contribution in [0.4, 0.5) is 5.82 Å². The fraction of sp³-hybridized carbons (Fsp3) is 0.444. The minimum Gasteiger partial charge on any atom is -0.384 e. The Morgan fingerprint density at radius 2 is 2.27 bits per heavy atom. The lowest BCUT2D eigenvalue weighted by Gasteiger charge is -2.13. The van der Waals surface area contributed by atoms with E-state index in [2.05, 4.69) is 4.98 Å². The molecule has 0 aromatic carbocycles. The summed E-state index contributed by atoms with van der Waals surface area (Å²) >= 11 is 0. The van der Waals surface area contributed by atoms with Crippen molar-refractivity contribution in [2.24, 2.45) is 0 Å². The molecule has 1 aliphatic heterocycles. The highest BCUT2D eigenvalue weighted by Gasteiger charge is 2.27. The fourth-order valence-corrected chi connectivity index (χ4v) is 3.11. The number of nitrogens with two attached hydrogens (primary N) is 1. The first kappa shape index (κ1) is 10.4. The van der Waals surface area contributed by atoms with Gasteiger partial charge in [0.05, 0.1) is 5.75 Å². The van der Waals surface area contributed by atoms with Crippen LogP contribution < -0.4 is 5.73 Å². The van der Waals surface area contributed by atoms with Crippen molar-refractivity contribution in [1.82, 2.24) is 9.29 Å². The van der Waals surface area contributed by atoms with Crippen molar-refractivity contribution < 1.29 is 8.42 Å². The Labute approximate surface area is 89.0 Å². The number of rotatable bonds is 2. The van der Waals surface area contributed by atoms with E-state index in [-0.39, 0.29) is 5.75 Å². The van der Waals surface area contributed by atoms with Gasteiger partial charge in [-0.1, -0.05) is 6.07 Å². The smallest absolute Gasteiger partial charge is 0.214 e. The molecule has 82 valence electrons. The molecule has 1 aromatic heterocycles. The van der Waals surface area contributed by atoms with Gasteiger partial charge in [-0.25, -0.2) is 13.4 Å². The van der Waals surface area contributed by atoms with E-state index in [1.165, 1.54) is 4.31 Å². The van der Waals surface area contributed by atoms with E-state index in [1.54, 1.807) is 18.3 Å². The molecule has 0 radical (unpaired) electrons. The molecule has 2 N–H and O–H groups in total. The first-order chi connectivity index (χ1) is 7.08. The average Bonchev–Trinajstić information content (AvgIpc) is 2.50. The van der Waals surface area contributed by atoms with Gasteiger partial charge in [-0.05, 0) is 18.1 Å². The molecule has 0 atom stereocenters. The lowest BCUT2D eigenvalue weighted by molar-refractivity contribution is 0.439. The van der Waals surface area contributed by atoms with Crippen molar-refractivity contribution >= 4 is 15.8 Å². The minimum absolute atomic E-state index is 0.259. The topological polar surface area (TPSA) is 76.3 Å². The molecule has 0 unspecified atom stereocenters. The SMILES string of the molecule is Nc1ccc(CN2CCCS2(=O)=O)cn1. The molecule has 15 heavy (non-hydrogen) atoms. The molecule has 5 nitrogen and oxygen atoms in total. The number of hydrogen-bond donors (Lipinski definition) is 1. The van der Waals surface area contributed by atoms with Crippen LogP contribution in [0.3, 0.4) is 0 Å². The van der Waals surface area contributed by atoms with Crippen LogP contribution >= 0.6 is 0 Å². The number of pyridine rings is 1. The monoisotopic (exact) mass is 227 g/mol. The first-order valence-electron chi connectivity index (χ1n) is 4.76. The molecule has 2 heterocycles. The third-order valence-electron chi connectivity index (χ3n) is 2.41. The Morgan fingerprint density at radius 1 is 1.47 bits per heavy atom. The second-order valence-electron chi connectivity index (χ2n) is 3.59. The minimum atomic E-state index is -3.02. The second kappa shape index (κ2) is 3.79. The Bertz CT molecular complexity index is 441. The maximum atomic E-state index is 11.5. The summed E-state index contributed by atoms with van der Waals surface area (Å²) in [5.74, 6) is 0.707. The number of sulfonamides is 1. The highest BCUT2D eigenvalue weighted by molar-refractivity contribution is 7.89. The molecular formula is C9H13N3O2S. The first-order valence-corrected chi connectivity index (χ1v) is 6.37. The van der Waals surface area contributed by atoms with E-state index in [1.807, 2.05) is 0 Å². The van der Waals surface area contributed by atoms with Gasteiger partial charge in [0.2, 0.25) is 10.0 Å². The van der Waals surface area contributed by atoms with Crippen LogP contribution in [0.1, 0.15) is 12.0 Å². The third kappa shape index (κ3) is 2.27. The molecule has 1 saturated heterocycles. The maximum Gasteiger partial charge on any atom is 0.214 e. The molecule has 1 aromatic rings. The van der Waals surface area contributed by atoms with E-state index in [9.17, 15) is 8.42 Å². The Hall–Kier alpha value is -1.14. The molecule has 6 heteroatoms. The zero-order valence-corrected chi connectivity index (χ0v) is 9.07. The summed E-state index contributed by atoms with van der Waals surface area (Å²) in [4.78, 5) is 3.93. The molecule has 0 aliphatic carbocycles. The van der Waals surface area contributed by atoms with Gasteiger partial charge in [-0.15, -0.1) is 0 Å². The highest BCUT2D eigenvalue weighted by atomic mass is 32.2. The van der Waals surface area contributed by atoms with Crippen LogP contribution in [-0.4, -0.2) is 30.0 Å². The summed E-state index contributed by atoms with van der Waals surface area (Å²) in [5, 5.41) is 0. The molecule has 0 spiro atoms. The number of aromatic nitrogens is 1. The van der Waals surface area contributed by atoms with Crippen molar-refractivity contribution in [1.29, 1.82) is 0 Å². The average molecular weight is 227 g/mol. The van der Waals surface area contributed by atoms with Crippen LogP contribution in [0, 0.1) is 0 Å². The van der Waals surface area contributed by atoms with Gasteiger partial charge in [0.1, 0.15) is 5.82 Å². The van der Waals surface area contributed by atoms with Crippen LogP contribution in [0.25, 0.3) is 0 Å². The summed E-state index contributed by atoms with van der Waals surface area (Å²) in [6.45, 7) is 1.00. The predicted octanol–water partition coefficient (Wildman–Crippen LogP) is 0.199. The Balaban J connectivity index is 2.12. The lowest BCUT2D eigenvalue weighted by Crippen LogP contribution is -2.25. The normalized spacial score (nSPS) is 20.5. The molecule has 2 rings (SSSR count). The van der Waals surface area contributed by atoms with Crippen molar-refractivity contribution in [3.63, 3.8) is 0 Å². The van der Waals surface area contributed by atoms with E-state index in [0.29, 0.717) is 25.3 Å². The maximum absolute atomic E-state index is 11.5. The Kier molecular flexibility index (Phi) is 2.62. The number of anilines is 1. The van der Waals surface area contributed by atoms with E-state index < -0.39 is 10.0 Å². The van der Waals surface area contributed by atoms with Crippen molar-refractivity contribution in [3.05, 3.63) is 23.9 Å². The fourth-order valence-electron chi connectivity index (χ4n) is 1.60. The van der Waals surface area contributed by atoms with Crippen LogP contribution in [0.2, 0.25) is 0 Å². The molecule has 0 amide bonds. The largest absolute Gasteiger partial charge is 0.384 e. The zero-order chi connectivity index (χ0) is 10.9. The van der Waals surface area contributed by atoms with Gasteiger partial charge in [0.25, 0.3) is 0 Å². The van der Waals surface area contributed by atoms with Gasteiger partial charge < -0.3 is 5.73 Å². The van der Waals surface area contributed by atoms with E-state index >= 15 is 0 Å². The molecule has 0 saturated carbocycles. The molecule has 1 fully saturated rings. The molecule has 0 bridgehead atoms. The van der Waals surface area contributed by atoms with E-state index in [0.717, 1.165) is 5.56 Å². The van der Waals surface area contributed by atoms with Crippen molar-refractivity contribution in [2.45, 2.75) is 13.0 Å². The van der Waals surface area contributed by atoms with Crippen molar-refractivity contribution in [2.75, 3.05) is 18.0 Å². The number of hydrogen-bond acceptors (Lipinski definition) is 4. The quantitative estimate of drug-likeness (QED) is 0.783. The summed E-state index contributed by atoms with van der Waals surface area (Å²) in [7, 11) is -3.02. The highest BCUT2D eigenvalue weighted by Crippen LogP contribution is 2.16. The van der Waals surface area contributed by atoms with Crippen LogP contribution in [0.15, 0.2) is 18.3 Å². The summed E-state index contributed by atoms with van der Waals surface area (Å²) < 4.78 is 24.5. The van der Waals surface area contributed by atoms with Crippen LogP contribution in [-0.2, 0) is 16.6 Å². The summed E-state index contributed by atoms with van der Waals surface area (Å²) in [6, 6.07) is 3.48. The van der Waals surface area contributed by atoms with E-state index in [4.69, 9.17) is 5.73 Å². The second-order valence-corrected chi connectivity index (χ2v) is 5.68. The van der Waals surface area contributed by atoms with Gasteiger partial charge >= 0.3 is 0 Å². The zero-order valence-electron chi connectivity index (χ0n) is 8.26. The molecule has 1 aliphatic rings. The van der Waals surface area contributed by atoms with Crippen LogP contribution in [0.5, 0.6) is 0 Å². The third-order valence-corrected chi connectivity index (χ3v) is 4.31. The lowest BCUT2D eigenvalue weighted by atomic mass is 10.3. The summed E-state index contributed by atoms with van der Waals surface area (Å²) in [5.41, 5.74) is 6.32. The number of nitrogens with zero attached hydrogens (tertiary/aromatic N) is 2. The van der Waals surface area contributed by atoms with Gasteiger partial charge in [0, 0.05) is 19.3 Å². The summed E-state index contributed by atoms with van der Waals surface area (Å²) in [6.07, 6.45) is 2.33. The Morgan fingerprint density at radius 3 is 2.80 bits per heavy atom.